The van der Waals surface area contributed by atoms with Gasteiger partial charge in [-0.2, -0.15) is 0 Å². The van der Waals surface area contributed by atoms with Gasteiger partial charge in [0, 0.05) is 17.7 Å². The minimum Gasteiger partial charge on any atom is -0.496 e. The zero-order valence-electron chi connectivity index (χ0n) is 11.1. The summed E-state index contributed by atoms with van der Waals surface area (Å²) < 4.78 is 15.0. The van der Waals surface area contributed by atoms with E-state index in [2.05, 4.69) is 0 Å². The molecule has 1 atom stereocenters. The van der Waals surface area contributed by atoms with Crippen LogP contribution in [0.15, 0.2) is 12.1 Å². The summed E-state index contributed by atoms with van der Waals surface area (Å²) >= 11 is 5.95. The first-order valence-corrected chi connectivity index (χ1v) is 6.12. The van der Waals surface area contributed by atoms with Crippen LogP contribution in [-0.4, -0.2) is 31.9 Å². The number of halogens is 1. The molecule has 0 aliphatic heterocycles. The summed E-state index contributed by atoms with van der Waals surface area (Å²) in [6, 6.07) is 3.14. The van der Waals surface area contributed by atoms with Crippen LogP contribution in [0.1, 0.15) is 24.2 Å². The molecule has 0 aromatic heterocycles. The van der Waals surface area contributed by atoms with Gasteiger partial charge in [-0.1, -0.05) is 11.6 Å². The molecular weight excluding hydrogens is 272 g/mol. The average molecular weight is 289 g/mol. The molecule has 0 saturated carbocycles. The van der Waals surface area contributed by atoms with E-state index in [4.69, 9.17) is 25.8 Å². The number of hydrogen-bond acceptors (Lipinski definition) is 5. The van der Waals surface area contributed by atoms with Crippen molar-refractivity contribution in [3.63, 3.8) is 0 Å². The molecule has 0 bridgehead atoms. The van der Waals surface area contributed by atoms with Crippen LogP contribution < -0.4 is 4.74 Å². The number of rotatable bonds is 6. The van der Waals surface area contributed by atoms with E-state index in [0.717, 1.165) is 0 Å². The van der Waals surface area contributed by atoms with Crippen LogP contribution in [0.25, 0.3) is 0 Å². The Morgan fingerprint density at radius 2 is 2.11 bits per heavy atom. The second-order valence-electron chi connectivity index (χ2n) is 3.77. The first-order valence-electron chi connectivity index (χ1n) is 5.75. The predicted molar refractivity (Wildman–Crippen MR) is 70.3 cm³/mol. The summed E-state index contributed by atoms with van der Waals surface area (Å²) in [7, 11) is 2.94. The number of carbonyl (C=O) groups excluding carboxylic acids is 1. The third-order valence-corrected chi connectivity index (χ3v) is 2.71. The predicted octanol–water partition coefficient (Wildman–Crippen LogP) is 2.09. The molecule has 1 N–H and O–H groups in total. The van der Waals surface area contributed by atoms with E-state index in [1.54, 1.807) is 13.0 Å². The molecule has 106 valence electrons. The minimum atomic E-state index is -1.43. The zero-order chi connectivity index (χ0) is 14.4. The third-order valence-electron chi connectivity index (χ3n) is 2.50. The molecule has 19 heavy (non-hydrogen) atoms. The summed E-state index contributed by atoms with van der Waals surface area (Å²) in [5.41, 5.74) is 0.889. The number of carbonyl (C=O) groups is 1. The normalized spacial score (nSPS) is 12.1. The fourth-order valence-electron chi connectivity index (χ4n) is 1.74. The Morgan fingerprint density at radius 3 is 2.63 bits per heavy atom. The lowest BCUT2D eigenvalue weighted by molar-refractivity contribution is -0.153. The van der Waals surface area contributed by atoms with Gasteiger partial charge in [0.2, 0.25) is 0 Å². The van der Waals surface area contributed by atoms with Gasteiger partial charge in [0.15, 0.2) is 6.10 Å². The Morgan fingerprint density at radius 1 is 1.42 bits per heavy atom. The SMILES string of the molecule is CCOC(=O)C(O)c1c(COC)cc(Cl)cc1OC. The van der Waals surface area contributed by atoms with Crippen LogP contribution in [0.2, 0.25) is 5.02 Å². The molecule has 0 amide bonds. The van der Waals surface area contributed by atoms with Crippen LogP contribution >= 0.6 is 11.6 Å². The number of esters is 1. The van der Waals surface area contributed by atoms with Crippen LogP contribution in [0.3, 0.4) is 0 Å². The molecule has 1 aromatic rings. The van der Waals surface area contributed by atoms with Crippen molar-refractivity contribution in [1.82, 2.24) is 0 Å². The van der Waals surface area contributed by atoms with Gasteiger partial charge in [-0.15, -0.1) is 0 Å². The molecule has 0 heterocycles. The van der Waals surface area contributed by atoms with Crippen LogP contribution in [-0.2, 0) is 20.9 Å². The van der Waals surface area contributed by atoms with E-state index in [-0.39, 0.29) is 13.2 Å². The van der Waals surface area contributed by atoms with Crippen molar-refractivity contribution in [2.45, 2.75) is 19.6 Å². The summed E-state index contributed by atoms with van der Waals surface area (Å²) in [4.78, 5) is 11.7. The van der Waals surface area contributed by atoms with E-state index in [9.17, 15) is 9.90 Å². The van der Waals surface area contributed by atoms with Gasteiger partial charge >= 0.3 is 5.97 Å². The highest BCUT2D eigenvalue weighted by atomic mass is 35.5. The molecule has 1 aromatic carbocycles. The molecule has 6 heteroatoms. The lowest BCUT2D eigenvalue weighted by Crippen LogP contribution is -2.18. The van der Waals surface area contributed by atoms with Gasteiger partial charge < -0.3 is 19.3 Å². The van der Waals surface area contributed by atoms with Crippen molar-refractivity contribution >= 4 is 17.6 Å². The maximum Gasteiger partial charge on any atom is 0.339 e. The van der Waals surface area contributed by atoms with Crippen LogP contribution in [0.4, 0.5) is 0 Å². The molecule has 0 aliphatic carbocycles. The van der Waals surface area contributed by atoms with Crippen molar-refractivity contribution in [1.29, 1.82) is 0 Å². The molecule has 5 nitrogen and oxygen atoms in total. The second-order valence-corrected chi connectivity index (χ2v) is 4.20. The highest BCUT2D eigenvalue weighted by molar-refractivity contribution is 6.30. The number of benzene rings is 1. The van der Waals surface area contributed by atoms with E-state index in [1.807, 2.05) is 0 Å². The first-order chi connectivity index (χ1) is 9.04. The molecule has 0 saturated heterocycles. The van der Waals surface area contributed by atoms with Crippen molar-refractivity contribution < 1.29 is 24.1 Å². The van der Waals surface area contributed by atoms with Crippen molar-refractivity contribution in [3.05, 3.63) is 28.3 Å². The Labute approximate surface area is 117 Å². The van der Waals surface area contributed by atoms with E-state index in [0.29, 0.717) is 21.9 Å². The first kappa shape index (κ1) is 15.8. The molecule has 0 radical (unpaired) electrons. The second kappa shape index (κ2) is 7.33. The zero-order valence-corrected chi connectivity index (χ0v) is 11.9. The molecular formula is C13H17ClO5. The third kappa shape index (κ3) is 3.83. The highest BCUT2D eigenvalue weighted by Crippen LogP contribution is 2.33. The quantitative estimate of drug-likeness (QED) is 0.812. The van der Waals surface area contributed by atoms with Gasteiger partial charge in [-0.05, 0) is 24.6 Å². The van der Waals surface area contributed by atoms with Crippen LogP contribution in [0, 0.1) is 0 Å². The molecule has 1 unspecified atom stereocenters. The van der Waals surface area contributed by atoms with E-state index >= 15 is 0 Å². The van der Waals surface area contributed by atoms with Crippen molar-refractivity contribution in [2.75, 3.05) is 20.8 Å². The molecule has 0 spiro atoms. The summed E-state index contributed by atoms with van der Waals surface area (Å²) in [6.07, 6.45) is -1.43. The van der Waals surface area contributed by atoms with Gasteiger partial charge in [0.25, 0.3) is 0 Å². The summed E-state index contributed by atoms with van der Waals surface area (Å²) in [5, 5.41) is 10.5. The molecule has 0 fully saturated rings. The number of hydrogen-bond donors (Lipinski definition) is 1. The topological polar surface area (TPSA) is 65.0 Å². The maximum absolute atomic E-state index is 11.7. The fraction of sp³-hybridized carbons (Fsp3) is 0.462. The van der Waals surface area contributed by atoms with Gasteiger partial charge in [-0.25, -0.2) is 4.79 Å². The largest absolute Gasteiger partial charge is 0.496 e. The number of aliphatic hydroxyl groups is 1. The molecule has 1 rings (SSSR count). The fourth-order valence-corrected chi connectivity index (χ4v) is 1.97. The number of methoxy groups -OCH3 is 2. The van der Waals surface area contributed by atoms with Crippen molar-refractivity contribution in [3.8, 4) is 5.75 Å². The Bertz CT molecular complexity index is 447. The Balaban J connectivity index is 3.25. The highest BCUT2D eigenvalue weighted by Gasteiger charge is 2.26. The number of aliphatic hydroxyl groups excluding tert-OH is 1. The average Bonchev–Trinajstić information content (AvgIpc) is 2.38. The molecule has 0 aliphatic rings. The van der Waals surface area contributed by atoms with Gasteiger partial charge in [0.1, 0.15) is 5.75 Å². The summed E-state index contributed by atoms with van der Waals surface area (Å²) in [6.45, 7) is 2.05. The standard InChI is InChI=1S/C13H17ClO5/c1-4-19-13(16)12(15)11-8(7-17-2)5-9(14)6-10(11)18-3/h5-6,12,15H,4,7H2,1-3H3. The van der Waals surface area contributed by atoms with Gasteiger partial charge in [-0.3, -0.25) is 0 Å². The minimum absolute atomic E-state index is 0.186. The smallest absolute Gasteiger partial charge is 0.339 e. The monoisotopic (exact) mass is 288 g/mol. The Hall–Kier alpha value is -1.30. The van der Waals surface area contributed by atoms with E-state index in [1.165, 1.54) is 20.3 Å². The maximum atomic E-state index is 11.7. The lowest BCUT2D eigenvalue weighted by Gasteiger charge is -2.18. The lowest BCUT2D eigenvalue weighted by atomic mass is 10.0. The summed E-state index contributed by atoms with van der Waals surface area (Å²) in [5.74, 6) is -0.416. The van der Waals surface area contributed by atoms with Crippen molar-refractivity contribution in [2.24, 2.45) is 0 Å². The van der Waals surface area contributed by atoms with Gasteiger partial charge in [0.05, 0.1) is 20.3 Å². The van der Waals surface area contributed by atoms with Crippen LogP contribution in [0.5, 0.6) is 5.75 Å². The number of ether oxygens (including phenoxy) is 3. The van der Waals surface area contributed by atoms with E-state index < -0.39 is 12.1 Å². The Kier molecular flexibility index (Phi) is 6.08.